The molecule has 0 aliphatic rings. The lowest BCUT2D eigenvalue weighted by Gasteiger charge is -2.07. The lowest BCUT2D eigenvalue weighted by atomic mass is 10.0. The number of rotatable bonds is 3. The van der Waals surface area contributed by atoms with Crippen LogP contribution >= 0.6 is 0 Å². The first kappa shape index (κ1) is 10.7. The van der Waals surface area contributed by atoms with Gasteiger partial charge >= 0.3 is 0 Å². The van der Waals surface area contributed by atoms with Crippen LogP contribution < -0.4 is 0 Å². The van der Waals surface area contributed by atoms with Crippen LogP contribution in [0.3, 0.4) is 0 Å². The molecular weight excluding hydrogens is 180 g/mol. The van der Waals surface area contributed by atoms with Gasteiger partial charge in [0, 0.05) is 0 Å². The molecule has 1 rings (SSSR count). The Bertz CT molecular complexity index is 295. The zero-order valence-electron chi connectivity index (χ0n) is 8.49. The van der Waals surface area contributed by atoms with E-state index in [9.17, 15) is 10.2 Å². The molecule has 0 aromatic heterocycles. The summed E-state index contributed by atoms with van der Waals surface area (Å²) in [5.74, 6) is -0.390. The zero-order chi connectivity index (χ0) is 10.7. The Morgan fingerprint density at radius 1 is 1.07 bits per heavy atom. The maximum absolute atomic E-state index is 9.24. The van der Waals surface area contributed by atoms with Gasteiger partial charge in [-0.05, 0) is 36.5 Å². The average Bonchev–Trinajstić information content (AvgIpc) is 2.10. The van der Waals surface area contributed by atoms with Crippen molar-refractivity contribution < 1.29 is 15.3 Å². The fourth-order valence-corrected chi connectivity index (χ4v) is 1.26. The van der Waals surface area contributed by atoms with Gasteiger partial charge in [0.25, 0.3) is 0 Å². The molecule has 0 unspecified atom stereocenters. The molecule has 3 heteroatoms. The van der Waals surface area contributed by atoms with E-state index in [0.717, 1.165) is 18.4 Å². The highest BCUT2D eigenvalue weighted by Gasteiger charge is 2.08. The standard InChI is InChI=1S/C11H16O3/c1-7(2)3-4-8-5-9(12)11(14)10(13)6-8/h5-7,12-14H,3-4H2,1-2H3. The van der Waals surface area contributed by atoms with Gasteiger partial charge in [-0.1, -0.05) is 13.8 Å². The van der Waals surface area contributed by atoms with Crippen molar-refractivity contribution in [2.45, 2.75) is 26.7 Å². The molecule has 0 aliphatic carbocycles. The highest BCUT2D eigenvalue weighted by molar-refractivity contribution is 5.51. The molecule has 0 radical (unpaired) electrons. The summed E-state index contributed by atoms with van der Waals surface area (Å²) in [5, 5.41) is 27.6. The summed E-state index contributed by atoms with van der Waals surface area (Å²) in [5.41, 5.74) is 0.839. The number of phenols is 3. The molecule has 0 heterocycles. The van der Waals surface area contributed by atoms with Gasteiger partial charge < -0.3 is 15.3 Å². The van der Waals surface area contributed by atoms with Crippen molar-refractivity contribution in [3.8, 4) is 17.2 Å². The Morgan fingerprint density at radius 3 is 2.00 bits per heavy atom. The maximum atomic E-state index is 9.24. The number of hydrogen-bond acceptors (Lipinski definition) is 3. The van der Waals surface area contributed by atoms with Crippen LogP contribution in [0.4, 0.5) is 0 Å². The molecule has 3 nitrogen and oxygen atoms in total. The minimum absolute atomic E-state index is 0.260. The minimum atomic E-state index is -0.446. The lowest BCUT2D eigenvalue weighted by molar-refractivity contribution is 0.367. The molecule has 0 saturated carbocycles. The highest BCUT2D eigenvalue weighted by atomic mass is 16.3. The van der Waals surface area contributed by atoms with E-state index in [0.29, 0.717) is 5.92 Å². The van der Waals surface area contributed by atoms with E-state index >= 15 is 0 Å². The normalized spacial score (nSPS) is 10.8. The van der Waals surface area contributed by atoms with Gasteiger partial charge in [0.1, 0.15) is 0 Å². The third-order valence-electron chi connectivity index (χ3n) is 2.14. The Morgan fingerprint density at radius 2 is 1.57 bits per heavy atom. The first-order valence-electron chi connectivity index (χ1n) is 4.74. The number of aryl methyl sites for hydroxylation is 1. The van der Waals surface area contributed by atoms with Gasteiger partial charge in [-0.3, -0.25) is 0 Å². The summed E-state index contributed by atoms with van der Waals surface area (Å²) in [4.78, 5) is 0. The van der Waals surface area contributed by atoms with Crippen LogP contribution in [0.2, 0.25) is 0 Å². The van der Waals surface area contributed by atoms with E-state index in [2.05, 4.69) is 13.8 Å². The fourth-order valence-electron chi connectivity index (χ4n) is 1.26. The molecule has 0 fully saturated rings. The number of benzene rings is 1. The number of aromatic hydroxyl groups is 3. The topological polar surface area (TPSA) is 60.7 Å². The summed E-state index contributed by atoms with van der Waals surface area (Å²) >= 11 is 0. The van der Waals surface area contributed by atoms with Crippen molar-refractivity contribution in [1.82, 2.24) is 0 Å². The summed E-state index contributed by atoms with van der Waals surface area (Å²) in [6, 6.07) is 2.97. The third kappa shape index (κ3) is 2.55. The summed E-state index contributed by atoms with van der Waals surface area (Å²) in [6.07, 6.45) is 1.78. The predicted octanol–water partition coefficient (Wildman–Crippen LogP) is 2.39. The van der Waals surface area contributed by atoms with Crippen molar-refractivity contribution in [3.63, 3.8) is 0 Å². The quantitative estimate of drug-likeness (QED) is 0.650. The van der Waals surface area contributed by atoms with E-state index in [1.807, 2.05) is 0 Å². The predicted molar refractivity (Wildman–Crippen MR) is 54.6 cm³/mol. The molecule has 0 aliphatic heterocycles. The third-order valence-corrected chi connectivity index (χ3v) is 2.14. The minimum Gasteiger partial charge on any atom is -0.504 e. The van der Waals surface area contributed by atoms with Crippen LogP contribution in [0, 0.1) is 5.92 Å². The number of hydrogen-bond donors (Lipinski definition) is 3. The molecule has 78 valence electrons. The largest absolute Gasteiger partial charge is 0.504 e. The fraction of sp³-hybridized carbons (Fsp3) is 0.455. The van der Waals surface area contributed by atoms with Crippen LogP contribution in [0.15, 0.2) is 12.1 Å². The summed E-state index contributed by atoms with van der Waals surface area (Å²) in [6.45, 7) is 4.22. The molecule has 1 aromatic carbocycles. The Kier molecular flexibility index (Phi) is 3.23. The van der Waals surface area contributed by atoms with Crippen LogP contribution in [0.5, 0.6) is 17.2 Å². The van der Waals surface area contributed by atoms with Crippen molar-refractivity contribution in [1.29, 1.82) is 0 Å². The van der Waals surface area contributed by atoms with E-state index in [4.69, 9.17) is 5.11 Å². The highest BCUT2D eigenvalue weighted by Crippen LogP contribution is 2.35. The number of phenolic OH excluding ortho intramolecular Hbond substituents is 3. The summed E-state index contributed by atoms with van der Waals surface area (Å²) in [7, 11) is 0. The Balaban J connectivity index is 2.79. The van der Waals surface area contributed by atoms with Crippen LogP contribution in [0.25, 0.3) is 0 Å². The second-order valence-corrected chi connectivity index (χ2v) is 3.92. The average molecular weight is 196 g/mol. The second-order valence-electron chi connectivity index (χ2n) is 3.92. The molecular formula is C11H16O3. The van der Waals surface area contributed by atoms with Crippen molar-refractivity contribution in [3.05, 3.63) is 17.7 Å². The van der Waals surface area contributed by atoms with Gasteiger partial charge in [-0.15, -0.1) is 0 Å². The Hall–Kier alpha value is -1.38. The van der Waals surface area contributed by atoms with E-state index in [-0.39, 0.29) is 11.5 Å². The summed E-state index contributed by atoms with van der Waals surface area (Å²) < 4.78 is 0. The van der Waals surface area contributed by atoms with Crippen molar-refractivity contribution in [2.75, 3.05) is 0 Å². The van der Waals surface area contributed by atoms with Crippen LogP contribution in [-0.2, 0) is 6.42 Å². The molecule has 0 amide bonds. The zero-order valence-corrected chi connectivity index (χ0v) is 8.49. The maximum Gasteiger partial charge on any atom is 0.200 e. The smallest absolute Gasteiger partial charge is 0.200 e. The molecule has 14 heavy (non-hydrogen) atoms. The van der Waals surface area contributed by atoms with Gasteiger partial charge in [0.05, 0.1) is 0 Å². The SMILES string of the molecule is CC(C)CCc1cc(O)c(O)c(O)c1. The second kappa shape index (κ2) is 4.22. The van der Waals surface area contributed by atoms with Gasteiger partial charge in [-0.2, -0.15) is 0 Å². The van der Waals surface area contributed by atoms with E-state index < -0.39 is 5.75 Å². The van der Waals surface area contributed by atoms with Crippen LogP contribution in [0.1, 0.15) is 25.8 Å². The molecule has 0 spiro atoms. The molecule has 0 saturated heterocycles. The molecule has 3 N–H and O–H groups in total. The Labute approximate surface area is 83.6 Å². The van der Waals surface area contributed by atoms with E-state index in [1.54, 1.807) is 0 Å². The van der Waals surface area contributed by atoms with Crippen molar-refractivity contribution in [2.24, 2.45) is 5.92 Å². The first-order chi connectivity index (χ1) is 6.50. The van der Waals surface area contributed by atoms with Gasteiger partial charge in [0.2, 0.25) is 0 Å². The molecule has 1 aromatic rings. The first-order valence-corrected chi connectivity index (χ1v) is 4.74. The van der Waals surface area contributed by atoms with E-state index in [1.165, 1.54) is 12.1 Å². The molecule has 0 bridgehead atoms. The van der Waals surface area contributed by atoms with Gasteiger partial charge in [-0.25, -0.2) is 0 Å². The van der Waals surface area contributed by atoms with Crippen molar-refractivity contribution >= 4 is 0 Å². The van der Waals surface area contributed by atoms with Crippen LogP contribution in [-0.4, -0.2) is 15.3 Å². The van der Waals surface area contributed by atoms with Gasteiger partial charge in [0.15, 0.2) is 17.2 Å². The molecule has 0 atom stereocenters. The lowest BCUT2D eigenvalue weighted by Crippen LogP contribution is -1.92. The monoisotopic (exact) mass is 196 g/mol.